The van der Waals surface area contributed by atoms with Gasteiger partial charge < -0.3 is 11.1 Å². The van der Waals surface area contributed by atoms with E-state index in [1.165, 1.54) is 0 Å². The molecule has 4 heteroatoms. The van der Waals surface area contributed by atoms with Crippen LogP contribution < -0.4 is 11.1 Å². The third kappa shape index (κ3) is 3.84. The number of hydrogen-bond acceptors (Lipinski definition) is 2. The fourth-order valence-electron chi connectivity index (χ4n) is 1.09. The molecule has 0 aliphatic rings. The Morgan fingerprint density at radius 1 is 1.29 bits per heavy atom. The van der Waals surface area contributed by atoms with Crippen LogP contribution in [0.1, 0.15) is 12.5 Å². The minimum Gasteiger partial charge on any atom is -0.329 e. The lowest BCUT2D eigenvalue weighted by atomic mass is 10.2. The highest BCUT2D eigenvalue weighted by Gasteiger charge is 2.00. The Morgan fingerprint density at radius 3 is 2.36 bits per heavy atom. The molecular weight excluding hydrogens is 219 g/mol. The number of nitrogens with two attached hydrogens (primary N) is 1. The summed E-state index contributed by atoms with van der Waals surface area (Å²) in [6.07, 6.45) is 0. The summed E-state index contributed by atoms with van der Waals surface area (Å²) in [6.45, 7) is 3.39. The van der Waals surface area contributed by atoms with Crippen molar-refractivity contribution in [1.29, 1.82) is 0 Å². The van der Waals surface area contributed by atoms with Crippen LogP contribution in [-0.4, -0.2) is 12.6 Å². The van der Waals surface area contributed by atoms with Crippen LogP contribution in [0.25, 0.3) is 0 Å². The molecule has 0 bridgehead atoms. The van der Waals surface area contributed by atoms with Crippen LogP contribution in [0.2, 0.25) is 10.0 Å². The lowest BCUT2D eigenvalue weighted by molar-refractivity contribution is 0.556. The molecule has 1 aromatic rings. The van der Waals surface area contributed by atoms with E-state index in [9.17, 15) is 0 Å². The Bertz CT molecular complexity index is 282. The first-order valence-corrected chi connectivity index (χ1v) is 5.26. The lowest BCUT2D eigenvalue weighted by Crippen LogP contribution is -2.32. The maximum Gasteiger partial charge on any atom is 0.0424 e. The molecule has 0 fully saturated rings. The van der Waals surface area contributed by atoms with Gasteiger partial charge in [-0.05, 0) is 30.7 Å². The van der Waals surface area contributed by atoms with Gasteiger partial charge in [0.1, 0.15) is 0 Å². The van der Waals surface area contributed by atoms with Crippen LogP contribution in [-0.2, 0) is 6.54 Å². The van der Waals surface area contributed by atoms with Crippen LogP contribution in [0.5, 0.6) is 0 Å². The van der Waals surface area contributed by atoms with Gasteiger partial charge >= 0.3 is 0 Å². The number of benzene rings is 1. The number of rotatable bonds is 4. The summed E-state index contributed by atoms with van der Waals surface area (Å²) in [6, 6.07) is 5.81. The van der Waals surface area contributed by atoms with Crippen molar-refractivity contribution in [1.82, 2.24) is 5.32 Å². The summed E-state index contributed by atoms with van der Waals surface area (Å²) in [5, 5.41) is 4.58. The zero-order chi connectivity index (χ0) is 10.6. The number of nitrogens with one attached hydrogen (secondary N) is 1. The van der Waals surface area contributed by atoms with Gasteiger partial charge in [0.15, 0.2) is 0 Å². The van der Waals surface area contributed by atoms with Crippen LogP contribution in [0.15, 0.2) is 18.2 Å². The van der Waals surface area contributed by atoms with Gasteiger partial charge in [-0.3, -0.25) is 0 Å². The van der Waals surface area contributed by atoms with Crippen LogP contribution >= 0.6 is 23.2 Å². The largest absolute Gasteiger partial charge is 0.329 e. The quantitative estimate of drug-likeness (QED) is 0.838. The van der Waals surface area contributed by atoms with Crippen molar-refractivity contribution in [3.05, 3.63) is 33.8 Å². The summed E-state index contributed by atoms with van der Waals surface area (Å²) < 4.78 is 0. The number of hydrogen-bond donors (Lipinski definition) is 2. The normalized spacial score (nSPS) is 12.9. The third-order valence-corrected chi connectivity index (χ3v) is 2.37. The van der Waals surface area contributed by atoms with Gasteiger partial charge in [0.05, 0.1) is 0 Å². The number of halogens is 2. The smallest absolute Gasteiger partial charge is 0.0424 e. The van der Waals surface area contributed by atoms with Crippen LogP contribution in [0.3, 0.4) is 0 Å². The minimum atomic E-state index is 0.299. The van der Waals surface area contributed by atoms with Crippen molar-refractivity contribution in [3.63, 3.8) is 0 Å². The Kier molecular flexibility index (Phi) is 4.69. The predicted octanol–water partition coefficient (Wildman–Crippen LogP) is 2.43. The van der Waals surface area contributed by atoms with E-state index in [-0.39, 0.29) is 0 Å². The molecule has 0 aromatic heterocycles. The second-order valence-electron chi connectivity index (χ2n) is 3.30. The highest BCUT2D eigenvalue weighted by atomic mass is 35.5. The van der Waals surface area contributed by atoms with Crippen LogP contribution in [0, 0.1) is 0 Å². The van der Waals surface area contributed by atoms with Gasteiger partial charge in [0.25, 0.3) is 0 Å². The SMILES string of the molecule is CC(CN)NCc1cc(Cl)cc(Cl)c1. The van der Waals surface area contributed by atoms with Gasteiger partial charge in [-0.2, -0.15) is 0 Å². The van der Waals surface area contributed by atoms with E-state index in [0.717, 1.165) is 12.1 Å². The van der Waals surface area contributed by atoms with Gasteiger partial charge in [0, 0.05) is 29.2 Å². The Hall–Kier alpha value is -0.280. The van der Waals surface area contributed by atoms with E-state index >= 15 is 0 Å². The molecule has 0 spiro atoms. The summed E-state index contributed by atoms with van der Waals surface area (Å²) >= 11 is 11.7. The average molecular weight is 233 g/mol. The van der Waals surface area contributed by atoms with Crippen molar-refractivity contribution in [2.45, 2.75) is 19.5 Å². The average Bonchev–Trinajstić information content (AvgIpc) is 2.12. The molecule has 1 unspecified atom stereocenters. The first kappa shape index (κ1) is 11.8. The van der Waals surface area contributed by atoms with Gasteiger partial charge in [0.2, 0.25) is 0 Å². The molecule has 78 valence electrons. The first-order chi connectivity index (χ1) is 6.61. The topological polar surface area (TPSA) is 38.0 Å². The Morgan fingerprint density at radius 2 is 1.86 bits per heavy atom. The predicted molar refractivity (Wildman–Crippen MR) is 61.8 cm³/mol. The zero-order valence-electron chi connectivity index (χ0n) is 8.06. The Balaban J connectivity index is 2.58. The minimum absolute atomic E-state index is 0.299. The summed E-state index contributed by atoms with van der Waals surface area (Å²) in [4.78, 5) is 0. The molecule has 3 N–H and O–H groups in total. The van der Waals surface area contributed by atoms with Crippen LogP contribution in [0.4, 0.5) is 0 Å². The van der Waals surface area contributed by atoms with Gasteiger partial charge in [-0.15, -0.1) is 0 Å². The fraction of sp³-hybridized carbons (Fsp3) is 0.400. The monoisotopic (exact) mass is 232 g/mol. The molecule has 1 atom stereocenters. The molecule has 1 rings (SSSR count). The van der Waals surface area contributed by atoms with E-state index in [4.69, 9.17) is 28.9 Å². The maximum atomic E-state index is 5.86. The van der Waals surface area contributed by atoms with Gasteiger partial charge in [-0.1, -0.05) is 23.2 Å². The van der Waals surface area contributed by atoms with Crippen molar-refractivity contribution >= 4 is 23.2 Å². The van der Waals surface area contributed by atoms with E-state index < -0.39 is 0 Å². The van der Waals surface area contributed by atoms with E-state index in [0.29, 0.717) is 22.6 Å². The lowest BCUT2D eigenvalue weighted by Gasteiger charge is -2.11. The second kappa shape index (κ2) is 5.56. The molecule has 14 heavy (non-hydrogen) atoms. The molecule has 0 saturated heterocycles. The molecule has 0 radical (unpaired) electrons. The van der Waals surface area contributed by atoms with Crippen molar-refractivity contribution in [3.8, 4) is 0 Å². The van der Waals surface area contributed by atoms with Gasteiger partial charge in [-0.25, -0.2) is 0 Å². The Labute approximate surface area is 94.4 Å². The third-order valence-electron chi connectivity index (χ3n) is 1.93. The molecule has 0 aliphatic carbocycles. The van der Waals surface area contributed by atoms with E-state index in [1.807, 2.05) is 19.1 Å². The standard InChI is InChI=1S/C10H14Cl2N2/c1-7(5-13)14-6-8-2-9(11)4-10(12)3-8/h2-4,7,14H,5-6,13H2,1H3. The molecule has 0 aliphatic heterocycles. The highest BCUT2D eigenvalue weighted by molar-refractivity contribution is 6.34. The summed E-state index contributed by atoms with van der Waals surface area (Å²) in [5.41, 5.74) is 6.55. The van der Waals surface area contributed by atoms with E-state index in [1.54, 1.807) is 6.07 Å². The highest BCUT2D eigenvalue weighted by Crippen LogP contribution is 2.18. The molecule has 0 saturated carbocycles. The second-order valence-corrected chi connectivity index (χ2v) is 4.17. The molecule has 1 aromatic carbocycles. The molecule has 0 heterocycles. The van der Waals surface area contributed by atoms with Crippen molar-refractivity contribution < 1.29 is 0 Å². The zero-order valence-corrected chi connectivity index (χ0v) is 9.57. The maximum absolute atomic E-state index is 5.86. The summed E-state index contributed by atoms with van der Waals surface area (Å²) in [7, 11) is 0. The molecular formula is C10H14Cl2N2. The van der Waals surface area contributed by atoms with Crippen molar-refractivity contribution in [2.75, 3.05) is 6.54 Å². The van der Waals surface area contributed by atoms with E-state index in [2.05, 4.69) is 5.32 Å². The summed E-state index contributed by atoms with van der Waals surface area (Å²) in [5.74, 6) is 0. The van der Waals surface area contributed by atoms with Crippen molar-refractivity contribution in [2.24, 2.45) is 5.73 Å². The first-order valence-electron chi connectivity index (χ1n) is 4.50. The molecule has 2 nitrogen and oxygen atoms in total. The molecule has 0 amide bonds. The fourth-order valence-corrected chi connectivity index (χ4v) is 1.66.